The molecule has 0 N–H and O–H groups in total. The lowest BCUT2D eigenvalue weighted by atomic mass is 9.69. The van der Waals surface area contributed by atoms with Crippen molar-refractivity contribution >= 4 is 23.3 Å². The number of esters is 1. The van der Waals surface area contributed by atoms with Gasteiger partial charge in [0.2, 0.25) is 0 Å². The largest absolute Gasteiger partial charge is 0.466 e. The molecule has 4 rings (SSSR count). The zero-order valence-corrected chi connectivity index (χ0v) is 24.3. The van der Waals surface area contributed by atoms with Crippen LogP contribution in [0.25, 0.3) is 0 Å². The van der Waals surface area contributed by atoms with E-state index in [4.69, 9.17) is 21.3 Å². The van der Waals surface area contributed by atoms with Crippen molar-refractivity contribution in [3.05, 3.63) is 70.1 Å². The summed E-state index contributed by atoms with van der Waals surface area (Å²) in [5, 5.41) is 0.132. The Morgan fingerprint density at radius 3 is 2.63 bits per heavy atom. The molecule has 1 aromatic carbocycles. The van der Waals surface area contributed by atoms with Gasteiger partial charge in [-0.1, -0.05) is 82.5 Å². The number of nitrogens with zero attached hydrogens (tertiary/aromatic N) is 2. The number of hydrogen-bond acceptors (Lipinski definition) is 4. The van der Waals surface area contributed by atoms with E-state index in [1.165, 1.54) is 18.7 Å². The van der Waals surface area contributed by atoms with Crippen LogP contribution in [0.2, 0.25) is 5.02 Å². The number of aliphatic imine (C=N–C) groups is 1. The third-order valence-corrected chi connectivity index (χ3v) is 8.93. The van der Waals surface area contributed by atoms with Gasteiger partial charge >= 0.3 is 5.97 Å². The van der Waals surface area contributed by atoms with Crippen LogP contribution in [-0.2, 0) is 9.53 Å². The van der Waals surface area contributed by atoms with Crippen LogP contribution in [0.15, 0.2) is 58.6 Å². The van der Waals surface area contributed by atoms with Crippen molar-refractivity contribution in [2.45, 2.75) is 90.8 Å². The van der Waals surface area contributed by atoms with Crippen LogP contribution in [0.5, 0.6) is 0 Å². The molecule has 0 saturated heterocycles. The van der Waals surface area contributed by atoms with Crippen molar-refractivity contribution in [1.29, 1.82) is 0 Å². The van der Waals surface area contributed by atoms with Crippen molar-refractivity contribution in [2.24, 2.45) is 16.3 Å². The first-order chi connectivity index (χ1) is 18.1. The van der Waals surface area contributed by atoms with Crippen molar-refractivity contribution in [3.63, 3.8) is 0 Å². The molecule has 1 spiro atoms. The van der Waals surface area contributed by atoms with E-state index >= 15 is 0 Å². The average Bonchev–Trinajstić information content (AvgIpc) is 3.07. The van der Waals surface area contributed by atoms with E-state index in [0.717, 1.165) is 56.2 Å². The minimum Gasteiger partial charge on any atom is -0.466 e. The molecule has 1 aliphatic heterocycles. The summed E-state index contributed by atoms with van der Waals surface area (Å²) in [7, 11) is 1.42. The first kappa shape index (κ1) is 28.8. The lowest BCUT2D eigenvalue weighted by molar-refractivity contribution is -0.136. The molecule has 2 aliphatic carbocycles. The zero-order chi connectivity index (χ0) is 27.5. The van der Waals surface area contributed by atoms with Gasteiger partial charge in [0, 0.05) is 18.2 Å². The number of hydrogen-bond donors (Lipinski definition) is 0. The van der Waals surface area contributed by atoms with Crippen LogP contribution in [0.3, 0.4) is 0 Å². The Kier molecular flexibility index (Phi) is 8.99. The number of carbonyl (C=O) groups is 1. The molecule has 1 fully saturated rings. The molecule has 6 heteroatoms. The minimum atomic E-state index is -0.409. The highest BCUT2D eigenvalue weighted by Gasteiger charge is 2.49. The van der Waals surface area contributed by atoms with E-state index in [-0.39, 0.29) is 28.1 Å². The average molecular weight is 541 g/mol. The molecule has 1 saturated carbocycles. The van der Waals surface area contributed by atoms with Gasteiger partial charge in [-0.15, -0.1) is 0 Å². The molecule has 1 heterocycles. The SMILES string of the molecule is CCCCC(C1=CC=C(C(=O)OC)CC=C1)N1CC(c2ccc(Cl)c(F)c2)=NC12CCC(C(C)(C)C)CC2. The fourth-order valence-corrected chi connectivity index (χ4v) is 6.40. The van der Waals surface area contributed by atoms with Gasteiger partial charge in [-0.25, -0.2) is 9.18 Å². The Morgan fingerprint density at radius 1 is 1.26 bits per heavy atom. The molecule has 0 amide bonds. The molecule has 1 unspecified atom stereocenters. The molecule has 0 aromatic heterocycles. The summed E-state index contributed by atoms with van der Waals surface area (Å²) in [6, 6.07) is 5.18. The van der Waals surface area contributed by atoms with Crippen LogP contribution in [0.4, 0.5) is 4.39 Å². The van der Waals surface area contributed by atoms with Gasteiger partial charge in [0.1, 0.15) is 11.5 Å². The summed E-state index contributed by atoms with van der Waals surface area (Å²) in [4.78, 5) is 20.2. The van der Waals surface area contributed by atoms with Crippen LogP contribution >= 0.6 is 11.6 Å². The fraction of sp³-hybridized carbons (Fsp3) is 0.562. The van der Waals surface area contributed by atoms with Crippen molar-refractivity contribution in [1.82, 2.24) is 4.90 Å². The summed E-state index contributed by atoms with van der Waals surface area (Å²) < 4.78 is 19.5. The summed E-state index contributed by atoms with van der Waals surface area (Å²) in [5.41, 5.74) is 3.53. The van der Waals surface area contributed by atoms with Crippen molar-refractivity contribution in [3.8, 4) is 0 Å². The summed E-state index contributed by atoms with van der Waals surface area (Å²) in [5.74, 6) is -0.0437. The Balaban J connectivity index is 1.73. The lowest BCUT2D eigenvalue weighted by Crippen LogP contribution is -2.53. The van der Waals surface area contributed by atoms with Crippen LogP contribution in [0, 0.1) is 17.2 Å². The Labute approximate surface area is 232 Å². The smallest absolute Gasteiger partial charge is 0.334 e. The third-order valence-electron chi connectivity index (χ3n) is 8.63. The maximum Gasteiger partial charge on any atom is 0.334 e. The minimum absolute atomic E-state index is 0.132. The van der Waals surface area contributed by atoms with E-state index in [1.54, 1.807) is 6.07 Å². The monoisotopic (exact) mass is 540 g/mol. The van der Waals surface area contributed by atoms with Gasteiger partial charge in [-0.05, 0) is 73.1 Å². The molecular formula is C32H42ClFN2O2. The number of methoxy groups -OCH3 is 1. The molecule has 38 heavy (non-hydrogen) atoms. The molecule has 206 valence electrons. The second-order valence-corrected chi connectivity index (χ2v) is 12.5. The van der Waals surface area contributed by atoms with Gasteiger partial charge in [0.15, 0.2) is 0 Å². The topological polar surface area (TPSA) is 41.9 Å². The van der Waals surface area contributed by atoms with E-state index < -0.39 is 5.82 Å². The Hall–Kier alpha value is -2.24. The number of carbonyl (C=O) groups excluding carboxylic acids is 1. The Bertz CT molecular complexity index is 1150. The van der Waals surface area contributed by atoms with E-state index in [1.807, 2.05) is 12.1 Å². The number of allylic oxidation sites excluding steroid dienone is 3. The highest BCUT2D eigenvalue weighted by molar-refractivity contribution is 6.30. The van der Waals surface area contributed by atoms with E-state index in [9.17, 15) is 9.18 Å². The fourth-order valence-electron chi connectivity index (χ4n) is 6.28. The van der Waals surface area contributed by atoms with Crippen molar-refractivity contribution < 1.29 is 13.9 Å². The number of halogens is 2. The van der Waals surface area contributed by atoms with Gasteiger partial charge in [-0.3, -0.25) is 9.89 Å². The molecule has 1 aromatic rings. The molecule has 0 bridgehead atoms. The molecule has 1 atom stereocenters. The molecule has 0 radical (unpaired) electrons. The zero-order valence-electron chi connectivity index (χ0n) is 23.5. The third kappa shape index (κ3) is 6.15. The van der Waals surface area contributed by atoms with Gasteiger partial charge in [0.05, 0.1) is 17.8 Å². The van der Waals surface area contributed by atoms with Gasteiger partial charge in [0.25, 0.3) is 0 Å². The van der Waals surface area contributed by atoms with Gasteiger partial charge in [-0.2, -0.15) is 0 Å². The molecular weight excluding hydrogens is 499 g/mol. The second kappa shape index (κ2) is 11.9. The van der Waals surface area contributed by atoms with E-state index in [0.29, 0.717) is 24.5 Å². The van der Waals surface area contributed by atoms with E-state index in [2.05, 4.69) is 50.8 Å². The maximum atomic E-state index is 14.5. The summed E-state index contributed by atoms with van der Waals surface area (Å²) in [6.45, 7) is 9.89. The predicted molar refractivity (Wildman–Crippen MR) is 154 cm³/mol. The molecule has 4 nitrogen and oxygen atoms in total. The number of unbranched alkanes of at least 4 members (excludes halogenated alkanes) is 1. The standard InChI is InChI=1S/C32H42ClFN2O2/c1-6-7-11-29(22-9-8-10-23(13-12-22)30(37)38-5)36-21-28(24-14-15-26(33)27(34)20-24)35-32(36)18-16-25(17-19-32)31(2,3)4/h8-9,12-15,20,25,29H,6-7,10-11,16-19,21H2,1-5H3. The van der Waals surface area contributed by atoms with Crippen LogP contribution < -0.4 is 0 Å². The first-order valence-corrected chi connectivity index (χ1v) is 14.4. The van der Waals surface area contributed by atoms with Crippen LogP contribution in [0.1, 0.15) is 84.6 Å². The summed E-state index contributed by atoms with van der Waals surface area (Å²) in [6.07, 6.45) is 16.2. The first-order valence-electron chi connectivity index (χ1n) is 14.0. The quantitative estimate of drug-likeness (QED) is 0.328. The lowest BCUT2D eigenvalue weighted by Gasteiger charge is -2.48. The van der Waals surface area contributed by atoms with Gasteiger partial charge < -0.3 is 4.74 Å². The normalized spacial score (nSPS) is 25.0. The number of rotatable bonds is 7. The highest BCUT2D eigenvalue weighted by atomic mass is 35.5. The number of benzene rings is 1. The molecule has 3 aliphatic rings. The predicted octanol–water partition coefficient (Wildman–Crippen LogP) is 8.06. The number of ether oxygens (including phenoxy) is 1. The highest BCUT2D eigenvalue weighted by Crippen LogP contribution is 2.48. The summed E-state index contributed by atoms with van der Waals surface area (Å²) >= 11 is 6.01. The Morgan fingerprint density at radius 2 is 2.00 bits per heavy atom. The second-order valence-electron chi connectivity index (χ2n) is 12.1. The maximum absolute atomic E-state index is 14.5. The van der Waals surface area contributed by atoms with Crippen molar-refractivity contribution in [2.75, 3.05) is 13.7 Å². The van der Waals surface area contributed by atoms with Crippen LogP contribution in [-0.4, -0.2) is 41.9 Å².